The van der Waals surface area contributed by atoms with E-state index in [-0.39, 0.29) is 12.2 Å². The van der Waals surface area contributed by atoms with Gasteiger partial charge in [0.2, 0.25) is 0 Å². The molecule has 2 bridgehead atoms. The second-order valence-corrected chi connectivity index (χ2v) is 12.9. The molecule has 10 rings (SSSR count). The summed E-state index contributed by atoms with van der Waals surface area (Å²) in [6.45, 7) is 4.43. The fourth-order valence-corrected chi connectivity index (χ4v) is 8.53. The zero-order chi connectivity index (χ0) is 28.4. The van der Waals surface area contributed by atoms with Crippen LogP contribution in [0.25, 0.3) is 38.6 Å². The first-order valence-corrected chi connectivity index (χ1v) is 15.5. The van der Waals surface area contributed by atoms with Crippen molar-refractivity contribution >= 4 is 16.3 Å². The zero-order valence-corrected chi connectivity index (χ0v) is 24.3. The number of aryl methyl sites for hydroxylation is 2. The third-order valence-electron chi connectivity index (χ3n) is 10.3. The number of allylic oxidation sites excluding steroid dienone is 9. The second-order valence-electron chi connectivity index (χ2n) is 12.9. The summed E-state index contributed by atoms with van der Waals surface area (Å²) in [6.07, 6.45) is 20.8. The third kappa shape index (κ3) is 3.26. The average Bonchev–Trinajstić information content (AvgIpc) is 3.13. The number of benzene rings is 4. The molecule has 4 aliphatic carbocycles. The maximum atomic E-state index is 7.17. The van der Waals surface area contributed by atoms with Crippen molar-refractivity contribution in [2.75, 3.05) is 0 Å². The molecule has 0 radical (unpaired) electrons. The fourth-order valence-electron chi connectivity index (χ4n) is 8.53. The number of hydrogen-bond acceptors (Lipinski definition) is 1. The minimum absolute atomic E-state index is 0.137. The third-order valence-corrected chi connectivity index (χ3v) is 10.3. The second kappa shape index (κ2) is 8.43. The van der Waals surface area contributed by atoms with E-state index >= 15 is 0 Å². The van der Waals surface area contributed by atoms with Gasteiger partial charge in [0, 0.05) is 11.8 Å². The molecular formula is C42H30O. The van der Waals surface area contributed by atoms with Gasteiger partial charge in [0.1, 0.15) is 12.2 Å². The van der Waals surface area contributed by atoms with Gasteiger partial charge in [0.05, 0.1) is 0 Å². The normalized spacial score (nSPS) is 24.9. The molecule has 0 fully saturated rings. The molecule has 0 spiro atoms. The molecule has 1 heteroatoms. The van der Waals surface area contributed by atoms with Gasteiger partial charge in [-0.2, -0.15) is 0 Å². The summed E-state index contributed by atoms with van der Waals surface area (Å²) in [6, 6.07) is 25.2. The minimum atomic E-state index is -0.157. The van der Waals surface area contributed by atoms with E-state index in [2.05, 4.69) is 135 Å². The number of rotatable bonds is 1. The summed E-state index contributed by atoms with van der Waals surface area (Å²) in [7, 11) is 0. The van der Waals surface area contributed by atoms with Crippen LogP contribution >= 0.6 is 0 Å². The van der Waals surface area contributed by atoms with Gasteiger partial charge in [-0.1, -0.05) is 97.1 Å². The Labute approximate surface area is 252 Å². The molecule has 0 aromatic heterocycles. The van der Waals surface area contributed by atoms with Crippen molar-refractivity contribution in [1.29, 1.82) is 0 Å². The van der Waals surface area contributed by atoms with E-state index in [0.29, 0.717) is 11.8 Å². The largest absolute Gasteiger partial charge is 0.357 e. The SMILES string of the molecule is Cc1cc2c3c(cc(C)cc3c1)-c1cc3c(cc1-2)C(c1ccccc1)=CC1OC3C=C2C=CC3=CC=CC4C=CC1=C2C34. The Hall–Kier alpha value is -4.72. The van der Waals surface area contributed by atoms with Crippen LogP contribution in [0.4, 0.5) is 0 Å². The lowest BCUT2D eigenvalue weighted by atomic mass is 9.67. The molecule has 4 aromatic carbocycles. The fraction of sp³-hybridized carbons (Fsp3) is 0.143. The van der Waals surface area contributed by atoms with Crippen LogP contribution in [-0.4, -0.2) is 6.10 Å². The van der Waals surface area contributed by atoms with Gasteiger partial charge >= 0.3 is 0 Å². The Kier molecular flexibility index (Phi) is 4.67. The van der Waals surface area contributed by atoms with Crippen molar-refractivity contribution in [3.8, 4) is 22.3 Å². The predicted octanol–water partition coefficient (Wildman–Crippen LogP) is 10.1. The van der Waals surface area contributed by atoms with E-state index in [9.17, 15) is 0 Å². The van der Waals surface area contributed by atoms with Gasteiger partial charge in [-0.25, -0.2) is 0 Å². The molecule has 6 aliphatic rings. The molecule has 1 nitrogen and oxygen atoms in total. The molecule has 43 heavy (non-hydrogen) atoms. The first kappa shape index (κ1) is 23.8. The first-order chi connectivity index (χ1) is 21.1. The standard InChI is InChI=1S/C42H30O/c1-23-15-29-16-24(2)18-37-34-21-35-32(20-33(34)36(17-23)41(29)37)31(25-7-4-3-5-8-25)22-39-30-14-13-27-10-6-9-26-11-12-28(19-38(35)43-39)42(30)40(26)27/h3-22,27,38-40H,1-2H3. The summed E-state index contributed by atoms with van der Waals surface area (Å²) in [5, 5.41) is 2.71. The molecule has 0 saturated carbocycles. The highest BCUT2D eigenvalue weighted by atomic mass is 16.5. The van der Waals surface area contributed by atoms with Crippen molar-refractivity contribution in [1.82, 2.24) is 0 Å². The Balaban J connectivity index is 1.27. The van der Waals surface area contributed by atoms with Crippen LogP contribution in [0.5, 0.6) is 0 Å². The van der Waals surface area contributed by atoms with E-state index in [1.807, 2.05) is 0 Å². The summed E-state index contributed by atoms with van der Waals surface area (Å²) in [5.41, 5.74) is 18.4. The predicted molar refractivity (Wildman–Crippen MR) is 177 cm³/mol. The molecule has 4 aromatic rings. The average molecular weight is 551 g/mol. The number of hydrogen-bond donors (Lipinski definition) is 0. The topological polar surface area (TPSA) is 9.23 Å². The summed E-state index contributed by atoms with van der Waals surface area (Å²) < 4.78 is 7.17. The summed E-state index contributed by atoms with van der Waals surface area (Å²) >= 11 is 0. The molecule has 204 valence electrons. The molecule has 4 atom stereocenters. The van der Waals surface area contributed by atoms with E-state index in [0.717, 1.165) is 0 Å². The van der Waals surface area contributed by atoms with Crippen molar-refractivity contribution in [3.05, 3.63) is 172 Å². The highest BCUT2D eigenvalue weighted by Crippen LogP contribution is 2.54. The Bertz CT molecular complexity index is 2170. The number of ether oxygens (including phenoxy) is 1. The smallest absolute Gasteiger partial charge is 0.103 e. The van der Waals surface area contributed by atoms with E-state index < -0.39 is 0 Å². The van der Waals surface area contributed by atoms with Crippen LogP contribution in [0, 0.1) is 25.7 Å². The van der Waals surface area contributed by atoms with E-state index in [1.165, 1.54) is 88.7 Å². The minimum Gasteiger partial charge on any atom is -0.357 e. The number of fused-ring (bicyclic) bond motifs is 8. The highest BCUT2D eigenvalue weighted by molar-refractivity contribution is 6.16. The van der Waals surface area contributed by atoms with Crippen LogP contribution in [-0.2, 0) is 4.74 Å². The summed E-state index contributed by atoms with van der Waals surface area (Å²) in [4.78, 5) is 0. The molecule has 4 unspecified atom stereocenters. The lowest BCUT2D eigenvalue weighted by Crippen LogP contribution is -2.27. The van der Waals surface area contributed by atoms with Crippen LogP contribution < -0.4 is 0 Å². The molecular weight excluding hydrogens is 520 g/mol. The van der Waals surface area contributed by atoms with Crippen LogP contribution in [0.15, 0.2) is 144 Å². The molecule has 2 aliphatic heterocycles. The van der Waals surface area contributed by atoms with Crippen molar-refractivity contribution in [2.24, 2.45) is 11.8 Å². The van der Waals surface area contributed by atoms with Crippen LogP contribution in [0.1, 0.15) is 33.9 Å². The van der Waals surface area contributed by atoms with Gasteiger partial charge in [0.25, 0.3) is 0 Å². The van der Waals surface area contributed by atoms with Gasteiger partial charge in [-0.3, -0.25) is 0 Å². The van der Waals surface area contributed by atoms with Crippen molar-refractivity contribution in [3.63, 3.8) is 0 Å². The Morgan fingerprint density at radius 1 is 0.674 bits per heavy atom. The quantitative estimate of drug-likeness (QED) is 0.202. The molecule has 0 N–H and O–H groups in total. The van der Waals surface area contributed by atoms with E-state index in [1.54, 1.807) is 0 Å². The van der Waals surface area contributed by atoms with Crippen molar-refractivity contribution < 1.29 is 4.74 Å². The van der Waals surface area contributed by atoms with Gasteiger partial charge in [0.15, 0.2) is 0 Å². The van der Waals surface area contributed by atoms with Gasteiger partial charge in [-0.15, -0.1) is 0 Å². The highest BCUT2D eigenvalue weighted by Gasteiger charge is 2.40. The zero-order valence-electron chi connectivity index (χ0n) is 24.3. The Morgan fingerprint density at radius 3 is 2.28 bits per heavy atom. The first-order valence-electron chi connectivity index (χ1n) is 15.5. The monoisotopic (exact) mass is 550 g/mol. The lowest BCUT2D eigenvalue weighted by molar-refractivity contribution is 0.0653. The van der Waals surface area contributed by atoms with E-state index in [4.69, 9.17) is 4.74 Å². The maximum absolute atomic E-state index is 7.17. The molecule has 0 saturated heterocycles. The molecule has 0 amide bonds. The lowest BCUT2D eigenvalue weighted by Gasteiger charge is -2.37. The Morgan fingerprint density at radius 2 is 1.47 bits per heavy atom. The van der Waals surface area contributed by atoms with Gasteiger partial charge in [-0.05, 0) is 127 Å². The van der Waals surface area contributed by atoms with Crippen LogP contribution in [0.2, 0.25) is 0 Å². The molecule has 2 heterocycles. The van der Waals surface area contributed by atoms with Gasteiger partial charge < -0.3 is 4.74 Å². The van der Waals surface area contributed by atoms with Crippen LogP contribution in [0.3, 0.4) is 0 Å². The maximum Gasteiger partial charge on any atom is 0.103 e. The summed E-state index contributed by atoms with van der Waals surface area (Å²) in [5.74, 6) is 0.753. The van der Waals surface area contributed by atoms with Crippen molar-refractivity contribution in [2.45, 2.75) is 26.1 Å².